The molecule has 138 valence electrons. The van der Waals surface area contributed by atoms with Gasteiger partial charge >= 0.3 is 5.97 Å². The minimum atomic E-state index is -0.983. The molecule has 2 N–H and O–H groups in total. The first-order valence-electron chi connectivity index (χ1n) is 8.61. The van der Waals surface area contributed by atoms with Gasteiger partial charge in [-0.25, -0.2) is 4.79 Å². The number of carbonyl (C=O) groups excluding carboxylic acids is 1. The lowest BCUT2D eigenvalue weighted by atomic mass is 9.72. The van der Waals surface area contributed by atoms with Crippen LogP contribution in [0.2, 0.25) is 5.02 Å². The van der Waals surface area contributed by atoms with E-state index in [-0.39, 0.29) is 16.9 Å². The van der Waals surface area contributed by atoms with Crippen LogP contribution >= 0.6 is 22.9 Å². The van der Waals surface area contributed by atoms with Gasteiger partial charge in [0.1, 0.15) is 5.00 Å². The molecule has 1 aromatic heterocycles. The smallest absolute Gasteiger partial charge is 0.339 e. The molecule has 26 heavy (non-hydrogen) atoms. The first-order valence-corrected chi connectivity index (χ1v) is 9.81. The third kappa shape index (κ3) is 3.79. The first-order chi connectivity index (χ1) is 12.2. The Morgan fingerprint density at radius 3 is 2.46 bits per heavy atom. The number of carbonyl (C=O) groups is 2. The average molecular weight is 392 g/mol. The number of aromatic carboxylic acids is 1. The number of thiophene rings is 1. The summed E-state index contributed by atoms with van der Waals surface area (Å²) in [6.07, 6.45) is 2.57. The molecule has 4 nitrogen and oxygen atoms in total. The number of nitrogens with one attached hydrogen (secondary N) is 1. The zero-order chi connectivity index (χ0) is 19.1. The number of carboxylic acids is 1. The molecule has 1 aliphatic rings. The van der Waals surface area contributed by atoms with E-state index in [1.807, 2.05) is 0 Å². The number of carboxylic acid groups (broad SMARTS) is 1. The van der Waals surface area contributed by atoms with E-state index in [0.29, 0.717) is 21.5 Å². The van der Waals surface area contributed by atoms with Crippen molar-refractivity contribution in [2.24, 2.45) is 11.3 Å². The highest BCUT2D eigenvalue weighted by Gasteiger charge is 2.34. The van der Waals surface area contributed by atoms with E-state index >= 15 is 0 Å². The van der Waals surface area contributed by atoms with E-state index < -0.39 is 5.97 Å². The van der Waals surface area contributed by atoms with Crippen LogP contribution in [0.25, 0.3) is 0 Å². The molecule has 1 atom stereocenters. The van der Waals surface area contributed by atoms with E-state index in [1.165, 1.54) is 11.3 Å². The lowest BCUT2D eigenvalue weighted by Gasteiger charge is -2.33. The highest BCUT2D eigenvalue weighted by Crippen LogP contribution is 2.44. The van der Waals surface area contributed by atoms with Crippen LogP contribution in [0, 0.1) is 11.3 Å². The van der Waals surface area contributed by atoms with Gasteiger partial charge in [-0.05, 0) is 60.4 Å². The second-order valence-corrected chi connectivity index (χ2v) is 9.32. The second kappa shape index (κ2) is 7.05. The number of amides is 1. The molecule has 0 fully saturated rings. The average Bonchev–Trinajstić information content (AvgIpc) is 2.91. The molecule has 2 aromatic rings. The van der Waals surface area contributed by atoms with Crippen molar-refractivity contribution in [1.82, 2.24) is 0 Å². The summed E-state index contributed by atoms with van der Waals surface area (Å²) in [6, 6.07) is 6.53. The monoisotopic (exact) mass is 391 g/mol. The summed E-state index contributed by atoms with van der Waals surface area (Å²) in [7, 11) is 0. The van der Waals surface area contributed by atoms with Crippen LogP contribution in [-0.4, -0.2) is 17.0 Å². The fourth-order valence-electron chi connectivity index (χ4n) is 3.42. The van der Waals surface area contributed by atoms with Crippen molar-refractivity contribution < 1.29 is 14.7 Å². The van der Waals surface area contributed by atoms with Crippen LogP contribution < -0.4 is 5.32 Å². The molecule has 1 heterocycles. The van der Waals surface area contributed by atoms with E-state index in [2.05, 4.69) is 26.1 Å². The van der Waals surface area contributed by atoms with E-state index in [0.717, 1.165) is 29.7 Å². The first kappa shape index (κ1) is 18.9. The second-order valence-electron chi connectivity index (χ2n) is 7.78. The van der Waals surface area contributed by atoms with Crippen LogP contribution in [0.3, 0.4) is 0 Å². The van der Waals surface area contributed by atoms with Gasteiger partial charge in [-0.3, -0.25) is 4.79 Å². The zero-order valence-corrected chi connectivity index (χ0v) is 16.6. The number of anilines is 1. The van der Waals surface area contributed by atoms with Crippen molar-refractivity contribution >= 4 is 39.8 Å². The molecular formula is C20H22ClNO3S. The molecule has 0 bridgehead atoms. The number of fused-ring (bicyclic) bond motifs is 1. The Labute approximate surface area is 162 Å². The zero-order valence-electron chi connectivity index (χ0n) is 15.1. The Balaban J connectivity index is 1.91. The van der Waals surface area contributed by atoms with Crippen LogP contribution in [-0.2, 0) is 12.8 Å². The topological polar surface area (TPSA) is 66.4 Å². The van der Waals surface area contributed by atoms with Crippen molar-refractivity contribution in [3.63, 3.8) is 0 Å². The molecular weight excluding hydrogens is 370 g/mol. The maximum Gasteiger partial charge on any atom is 0.339 e. The molecule has 0 spiro atoms. The third-order valence-electron chi connectivity index (χ3n) is 5.04. The van der Waals surface area contributed by atoms with Gasteiger partial charge < -0.3 is 10.4 Å². The number of rotatable bonds is 3. The van der Waals surface area contributed by atoms with E-state index in [9.17, 15) is 14.7 Å². The van der Waals surface area contributed by atoms with Gasteiger partial charge in [0.05, 0.1) is 5.56 Å². The maximum absolute atomic E-state index is 12.5. The number of benzene rings is 1. The SMILES string of the molecule is CC(C)(C)C1CCc2c(sc(NC(=O)c3ccc(Cl)cc3)c2C(=O)O)C1. The fourth-order valence-corrected chi connectivity index (χ4v) is 4.86. The highest BCUT2D eigenvalue weighted by atomic mass is 35.5. The summed E-state index contributed by atoms with van der Waals surface area (Å²) in [5.41, 5.74) is 1.76. The Bertz CT molecular complexity index is 849. The van der Waals surface area contributed by atoms with Gasteiger partial charge in [0.15, 0.2) is 0 Å². The Morgan fingerprint density at radius 1 is 1.23 bits per heavy atom. The standard InChI is InChI=1S/C20H22ClNO3S/c1-20(2,3)12-6-9-14-15(10-12)26-18(16(14)19(24)25)22-17(23)11-4-7-13(21)8-5-11/h4-5,7-8,12H,6,9-10H2,1-3H3,(H,22,23)(H,24,25). The summed E-state index contributed by atoms with van der Waals surface area (Å²) in [5.74, 6) is -0.798. The summed E-state index contributed by atoms with van der Waals surface area (Å²) >= 11 is 7.25. The molecule has 0 aliphatic heterocycles. The van der Waals surface area contributed by atoms with Gasteiger partial charge in [0.2, 0.25) is 0 Å². The molecule has 1 aromatic carbocycles. The van der Waals surface area contributed by atoms with Gasteiger partial charge in [-0.15, -0.1) is 11.3 Å². The fraction of sp³-hybridized carbons (Fsp3) is 0.400. The van der Waals surface area contributed by atoms with Crippen molar-refractivity contribution in [3.8, 4) is 0 Å². The van der Waals surface area contributed by atoms with Crippen LogP contribution in [0.1, 0.15) is 58.3 Å². The quantitative estimate of drug-likeness (QED) is 0.725. The Morgan fingerprint density at radius 2 is 1.88 bits per heavy atom. The number of hydrogen-bond acceptors (Lipinski definition) is 3. The van der Waals surface area contributed by atoms with Crippen molar-refractivity contribution in [2.75, 3.05) is 5.32 Å². The predicted octanol–water partition coefficient (Wildman–Crippen LogP) is 5.50. The normalized spacial score (nSPS) is 16.8. The molecule has 3 rings (SSSR count). The van der Waals surface area contributed by atoms with Gasteiger partial charge in [0, 0.05) is 15.5 Å². The van der Waals surface area contributed by atoms with Crippen LogP contribution in [0.5, 0.6) is 0 Å². The Kier molecular flexibility index (Phi) is 5.13. The molecule has 1 aliphatic carbocycles. The third-order valence-corrected chi connectivity index (χ3v) is 6.46. The van der Waals surface area contributed by atoms with E-state index in [4.69, 9.17) is 11.6 Å². The summed E-state index contributed by atoms with van der Waals surface area (Å²) in [4.78, 5) is 25.4. The Hall–Kier alpha value is -1.85. The van der Waals surface area contributed by atoms with E-state index in [1.54, 1.807) is 24.3 Å². The lowest BCUT2D eigenvalue weighted by Crippen LogP contribution is -2.26. The van der Waals surface area contributed by atoms with Crippen molar-refractivity contribution in [2.45, 2.75) is 40.0 Å². The summed E-state index contributed by atoms with van der Waals surface area (Å²) < 4.78 is 0. The summed E-state index contributed by atoms with van der Waals surface area (Å²) in [6.45, 7) is 6.66. The molecule has 6 heteroatoms. The van der Waals surface area contributed by atoms with Crippen LogP contribution in [0.15, 0.2) is 24.3 Å². The van der Waals surface area contributed by atoms with Crippen LogP contribution in [0.4, 0.5) is 5.00 Å². The minimum Gasteiger partial charge on any atom is -0.478 e. The molecule has 0 radical (unpaired) electrons. The van der Waals surface area contributed by atoms with Gasteiger partial charge in [-0.1, -0.05) is 32.4 Å². The minimum absolute atomic E-state index is 0.178. The molecule has 1 unspecified atom stereocenters. The van der Waals surface area contributed by atoms with Crippen molar-refractivity contribution in [1.29, 1.82) is 0 Å². The van der Waals surface area contributed by atoms with Gasteiger partial charge in [0.25, 0.3) is 5.91 Å². The molecule has 0 saturated heterocycles. The number of halogens is 1. The number of hydrogen-bond donors (Lipinski definition) is 2. The predicted molar refractivity (Wildman–Crippen MR) is 106 cm³/mol. The molecule has 1 amide bonds. The molecule has 0 saturated carbocycles. The highest BCUT2D eigenvalue weighted by molar-refractivity contribution is 7.17. The largest absolute Gasteiger partial charge is 0.478 e. The lowest BCUT2D eigenvalue weighted by molar-refractivity contribution is 0.0696. The summed E-state index contributed by atoms with van der Waals surface area (Å²) in [5, 5.41) is 13.5. The van der Waals surface area contributed by atoms with Crippen molar-refractivity contribution in [3.05, 3.63) is 50.9 Å². The van der Waals surface area contributed by atoms with Gasteiger partial charge in [-0.2, -0.15) is 0 Å². The maximum atomic E-state index is 12.5.